The molecule has 0 spiro atoms. The summed E-state index contributed by atoms with van der Waals surface area (Å²) in [6.07, 6.45) is 1.06. The van der Waals surface area contributed by atoms with Gasteiger partial charge in [0, 0.05) is 5.02 Å². The van der Waals surface area contributed by atoms with Crippen molar-refractivity contribution in [3.63, 3.8) is 0 Å². The van der Waals surface area contributed by atoms with Crippen molar-refractivity contribution in [3.05, 3.63) is 28.2 Å². The first kappa shape index (κ1) is 16.2. The Bertz CT molecular complexity index is 501. The second kappa shape index (κ2) is 6.55. The van der Waals surface area contributed by atoms with Gasteiger partial charge in [-0.2, -0.15) is 0 Å². The van der Waals surface area contributed by atoms with Gasteiger partial charge in [-0.05, 0) is 31.0 Å². The summed E-state index contributed by atoms with van der Waals surface area (Å²) in [5, 5.41) is 3.66. The van der Waals surface area contributed by atoms with Gasteiger partial charge in [-0.1, -0.05) is 49.3 Å². The monoisotopic (exact) mass is 318 g/mol. The summed E-state index contributed by atoms with van der Waals surface area (Å²) in [7, 11) is 0. The lowest BCUT2D eigenvalue weighted by Crippen LogP contribution is -2.45. The van der Waals surface area contributed by atoms with Crippen LogP contribution in [0.15, 0.2) is 18.2 Å². The van der Waals surface area contributed by atoms with Gasteiger partial charge in [-0.15, -0.1) is 0 Å². The number of thiocarbonyl (C=S) groups is 1. The molecule has 6 heteroatoms. The molecule has 0 aliphatic carbocycles. The molecule has 0 aromatic heterocycles. The molecule has 104 valence electrons. The smallest absolute Gasteiger partial charge is 0.237 e. The van der Waals surface area contributed by atoms with E-state index in [9.17, 15) is 4.79 Å². The molecule has 1 aromatic rings. The number of carbonyl (C=O) groups is 1. The van der Waals surface area contributed by atoms with Crippen LogP contribution in [0.25, 0.3) is 0 Å². The highest BCUT2D eigenvalue weighted by Crippen LogP contribution is 2.31. The predicted octanol–water partition coefficient (Wildman–Crippen LogP) is 4.02. The number of nitrogens with two attached hydrogens (primary N) is 1. The Labute approximate surface area is 128 Å². The second-order valence-electron chi connectivity index (χ2n) is 4.23. The summed E-state index contributed by atoms with van der Waals surface area (Å²) in [6.45, 7) is 3.75. The number of rotatable bonds is 5. The van der Waals surface area contributed by atoms with E-state index in [2.05, 4.69) is 5.32 Å². The molecule has 3 N–H and O–H groups in total. The molecular formula is C13H16Cl2N2OS. The standard InChI is InChI=1S/C13H16Cl2N2OS/c1-3-13(4-2,11(16)19)12(18)17-10-7-8(14)5-6-9(10)15/h5-7H,3-4H2,1-2H3,(H2,16,19)(H,17,18). The molecule has 0 aliphatic heterocycles. The molecule has 1 rings (SSSR count). The van der Waals surface area contributed by atoms with Gasteiger partial charge in [0.25, 0.3) is 0 Å². The Morgan fingerprint density at radius 1 is 1.37 bits per heavy atom. The highest BCUT2D eigenvalue weighted by Gasteiger charge is 2.38. The van der Waals surface area contributed by atoms with Crippen LogP contribution in [0.2, 0.25) is 10.0 Å². The van der Waals surface area contributed by atoms with Crippen LogP contribution in [0.4, 0.5) is 5.69 Å². The Kier molecular flexibility index (Phi) is 5.59. The average molecular weight is 319 g/mol. The number of anilines is 1. The molecule has 0 atom stereocenters. The molecule has 0 heterocycles. The van der Waals surface area contributed by atoms with Crippen molar-refractivity contribution in [1.29, 1.82) is 0 Å². The number of hydrogen-bond acceptors (Lipinski definition) is 2. The van der Waals surface area contributed by atoms with Gasteiger partial charge in [-0.25, -0.2) is 0 Å². The first-order valence-corrected chi connectivity index (χ1v) is 7.10. The first-order valence-electron chi connectivity index (χ1n) is 5.93. The van der Waals surface area contributed by atoms with Crippen LogP contribution in [0, 0.1) is 5.41 Å². The van der Waals surface area contributed by atoms with Gasteiger partial charge in [0.2, 0.25) is 5.91 Å². The number of benzene rings is 1. The van der Waals surface area contributed by atoms with E-state index < -0.39 is 5.41 Å². The fourth-order valence-electron chi connectivity index (χ4n) is 1.87. The van der Waals surface area contributed by atoms with Crippen LogP contribution in [0.5, 0.6) is 0 Å². The van der Waals surface area contributed by atoms with E-state index in [1.165, 1.54) is 0 Å². The van der Waals surface area contributed by atoms with Crippen molar-refractivity contribution in [2.24, 2.45) is 11.1 Å². The Morgan fingerprint density at radius 3 is 2.42 bits per heavy atom. The number of hydrogen-bond donors (Lipinski definition) is 2. The lowest BCUT2D eigenvalue weighted by molar-refractivity contribution is -0.122. The highest BCUT2D eigenvalue weighted by molar-refractivity contribution is 7.80. The van der Waals surface area contributed by atoms with E-state index >= 15 is 0 Å². The van der Waals surface area contributed by atoms with Gasteiger partial charge in [0.1, 0.15) is 0 Å². The van der Waals surface area contributed by atoms with Crippen molar-refractivity contribution >= 4 is 52.0 Å². The topological polar surface area (TPSA) is 55.1 Å². The molecular weight excluding hydrogens is 303 g/mol. The van der Waals surface area contributed by atoms with Crippen LogP contribution in [-0.2, 0) is 4.79 Å². The number of carbonyl (C=O) groups excluding carboxylic acids is 1. The summed E-state index contributed by atoms with van der Waals surface area (Å²) < 4.78 is 0. The average Bonchev–Trinajstić information content (AvgIpc) is 2.35. The van der Waals surface area contributed by atoms with Crippen LogP contribution in [-0.4, -0.2) is 10.9 Å². The fraction of sp³-hybridized carbons (Fsp3) is 0.385. The molecule has 19 heavy (non-hydrogen) atoms. The van der Waals surface area contributed by atoms with Gasteiger partial charge in [0.05, 0.1) is 21.1 Å². The third-order valence-electron chi connectivity index (χ3n) is 3.29. The lowest BCUT2D eigenvalue weighted by Gasteiger charge is -2.29. The quantitative estimate of drug-likeness (QED) is 0.806. The molecule has 0 fully saturated rings. The molecule has 0 saturated heterocycles. The minimum Gasteiger partial charge on any atom is -0.392 e. The molecule has 0 radical (unpaired) electrons. The van der Waals surface area contributed by atoms with E-state index in [-0.39, 0.29) is 10.9 Å². The molecule has 0 unspecified atom stereocenters. The van der Waals surface area contributed by atoms with Gasteiger partial charge in [0.15, 0.2) is 0 Å². The largest absolute Gasteiger partial charge is 0.392 e. The Balaban J connectivity index is 3.07. The van der Waals surface area contributed by atoms with E-state index in [0.29, 0.717) is 28.6 Å². The van der Waals surface area contributed by atoms with Crippen molar-refractivity contribution < 1.29 is 4.79 Å². The predicted molar refractivity (Wildman–Crippen MR) is 84.9 cm³/mol. The van der Waals surface area contributed by atoms with Gasteiger partial charge >= 0.3 is 0 Å². The zero-order valence-corrected chi connectivity index (χ0v) is 13.1. The van der Waals surface area contributed by atoms with E-state index in [1.807, 2.05) is 13.8 Å². The molecule has 0 saturated carbocycles. The molecule has 3 nitrogen and oxygen atoms in total. The third-order valence-corrected chi connectivity index (χ3v) is 4.25. The number of amides is 1. The number of nitrogens with one attached hydrogen (secondary N) is 1. The van der Waals surface area contributed by atoms with Gasteiger partial charge in [-0.3, -0.25) is 4.79 Å². The normalized spacial score (nSPS) is 11.2. The van der Waals surface area contributed by atoms with Crippen LogP contribution < -0.4 is 11.1 Å². The maximum absolute atomic E-state index is 12.4. The summed E-state index contributed by atoms with van der Waals surface area (Å²) in [5.74, 6) is -0.255. The highest BCUT2D eigenvalue weighted by atomic mass is 35.5. The first-order chi connectivity index (χ1) is 8.87. The summed E-state index contributed by atoms with van der Waals surface area (Å²) in [5.41, 5.74) is 5.33. The number of halogens is 2. The fourth-order valence-corrected chi connectivity index (χ4v) is 2.58. The van der Waals surface area contributed by atoms with Crippen molar-refractivity contribution in [3.8, 4) is 0 Å². The Morgan fingerprint density at radius 2 is 1.95 bits per heavy atom. The summed E-state index contributed by atoms with van der Waals surface area (Å²) >= 11 is 16.9. The maximum atomic E-state index is 12.4. The van der Waals surface area contributed by atoms with Crippen molar-refractivity contribution in [2.75, 3.05) is 5.32 Å². The molecule has 1 amide bonds. The molecule has 0 aliphatic rings. The summed E-state index contributed by atoms with van der Waals surface area (Å²) in [6, 6.07) is 4.87. The zero-order valence-electron chi connectivity index (χ0n) is 10.8. The van der Waals surface area contributed by atoms with Crippen LogP contribution in [0.1, 0.15) is 26.7 Å². The van der Waals surface area contributed by atoms with E-state index in [1.54, 1.807) is 18.2 Å². The second-order valence-corrected chi connectivity index (χ2v) is 5.52. The van der Waals surface area contributed by atoms with E-state index in [4.69, 9.17) is 41.2 Å². The maximum Gasteiger partial charge on any atom is 0.237 e. The third kappa shape index (κ3) is 3.38. The summed E-state index contributed by atoms with van der Waals surface area (Å²) in [4.78, 5) is 12.6. The lowest BCUT2D eigenvalue weighted by atomic mass is 9.81. The molecule has 0 bridgehead atoms. The van der Waals surface area contributed by atoms with Crippen LogP contribution >= 0.6 is 35.4 Å². The van der Waals surface area contributed by atoms with Gasteiger partial charge < -0.3 is 11.1 Å². The zero-order chi connectivity index (χ0) is 14.6. The minimum atomic E-state index is -0.860. The van der Waals surface area contributed by atoms with Crippen molar-refractivity contribution in [2.45, 2.75) is 26.7 Å². The minimum absolute atomic E-state index is 0.188. The molecule has 1 aromatic carbocycles. The van der Waals surface area contributed by atoms with Crippen LogP contribution in [0.3, 0.4) is 0 Å². The SMILES string of the molecule is CCC(CC)(C(=O)Nc1cc(Cl)ccc1Cl)C(N)=S. The van der Waals surface area contributed by atoms with Crippen molar-refractivity contribution in [1.82, 2.24) is 0 Å². The Hall–Kier alpha value is -0.840. The van der Waals surface area contributed by atoms with E-state index in [0.717, 1.165) is 0 Å².